The molecule has 0 spiro atoms. The second-order valence-corrected chi connectivity index (χ2v) is 8.10. The Balaban J connectivity index is 4.24. The maximum absolute atomic E-state index is 12.5. The molecule has 3 unspecified atom stereocenters. The van der Waals surface area contributed by atoms with E-state index in [0.29, 0.717) is 12.5 Å². The Morgan fingerprint density at radius 3 is 2.21 bits per heavy atom. The van der Waals surface area contributed by atoms with Crippen LogP contribution in [0.2, 0.25) is 0 Å². The van der Waals surface area contributed by atoms with Crippen molar-refractivity contribution in [3.63, 3.8) is 0 Å². The summed E-state index contributed by atoms with van der Waals surface area (Å²) in [5.41, 5.74) is 0. The van der Waals surface area contributed by atoms with Gasteiger partial charge in [0.15, 0.2) is 8.03 Å². The quantitative estimate of drug-likeness (QED) is 0.409. The lowest BCUT2D eigenvalue weighted by Gasteiger charge is -2.28. The molecule has 2 nitrogen and oxygen atoms in total. The predicted molar refractivity (Wildman–Crippen MR) is 86.5 cm³/mol. The van der Waals surface area contributed by atoms with Crippen molar-refractivity contribution in [1.29, 1.82) is 0 Å². The third kappa shape index (κ3) is 7.51. The van der Waals surface area contributed by atoms with E-state index in [1.54, 1.807) is 0 Å². The highest BCUT2D eigenvalue weighted by Gasteiger charge is 2.29. The maximum Gasteiger partial charge on any atom is 0.197 e. The molecular formula is C16H35O2P. The van der Waals surface area contributed by atoms with Gasteiger partial charge in [0, 0.05) is 5.16 Å². The standard InChI is InChI=1S/C16H35O2P/c1-6-10-12-15(8-3)14-18-19(17)16(5,9-4)13-11-7-2/h15,19H,6-14H2,1-5H3. The summed E-state index contributed by atoms with van der Waals surface area (Å²) in [6.07, 6.45) is 9.13. The lowest BCUT2D eigenvalue weighted by Crippen LogP contribution is -2.20. The first-order chi connectivity index (χ1) is 9.03. The van der Waals surface area contributed by atoms with Gasteiger partial charge in [-0.15, -0.1) is 0 Å². The van der Waals surface area contributed by atoms with Gasteiger partial charge < -0.3 is 4.52 Å². The van der Waals surface area contributed by atoms with Crippen LogP contribution in [0.4, 0.5) is 0 Å². The van der Waals surface area contributed by atoms with E-state index in [1.807, 2.05) is 0 Å². The minimum Gasteiger partial charge on any atom is -0.330 e. The van der Waals surface area contributed by atoms with Crippen molar-refractivity contribution in [2.24, 2.45) is 5.92 Å². The topological polar surface area (TPSA) is 26.3 Å². The fourth-order valence-corrected chi connectivity index (χ4v) is 3.66. The third-order valence-corrected chi connectivity index (χ3v) is 6.37. The van der Waals surface area contributed by atoms with Crippen molar-refractivity contribution in [2.45, 2.75) is 91.1 Å². The molecule has 3 atom stereocenters. The van der Waals surface area contributed by atoms with Gasteiger partial charge in [0.25, 0.3) is 0 Å². The predicted octanol–water partition coefficient (Wildman–Crippen LogP) is 6.05. The molecule has 0 aliphatic heterocycles. The van der Waals surface area contributed by atoms with Crippen LogP contribution in [0.3, 0.4) is 0 Å². The molecule has 0 amide bonds. The molecule has 0 fully saturated rings. The zero-order chi connectivity index (χ0) is 14.7. The SMILES string of the molecule is CCCCC(CC)CO[PH](=O)C(C)(CC)CCCC. The molecule has 0 aromatic heterocycles. The van der Waals surface area contributed by atoms with Gasteiger partial charge in [-0.1, -0.05) is 66.7 Å². The van der Waals surface area contributed by atoms with E-state index in [1.165, 1.54) is 25.7 Å². The van der Waals surface area contributed by atoms with Gasteiger partial charge in [0.1, 0.15) is 0 Å². The minimum absolute atomic E-state index is 0.0935. The molecule has 116 valence electrons. The molecular weight excluding hydrogens is 255 g/mol. The van der Waals surface area contributed by atoms with Crippen LogP contribution < -0.4 is 0 Å². The first kappa shape index (κ1) is 19.2. The summed E-state index contributed by atoms with van der Waals surface area (Å²) < 4.78 is 18.3. The number of rotatable bonds is 12. The van der Waals surface area contributed by atoms with E-state index in [4.69, 9.17) is 4.52 Å². The Kier molecular flexibility index (Phi) is 11.0. The van der Waals surface area contributed by atoms with Gasteiger partial charge >= 0.3 is 0 Å². The molecule has 0 N–H and O–H groups in total. The Morgan fingerprint density at radius 1 is 1.11 bits per heavy atom. The Labute approximate surface area is 121 Å². The highest BCUT2D eigenvalue weighted by Crippen LogP contribution is 2.46. The smallest absolute Gasteiger partial charge is 0.197 e. The molecule has 0 rings (SSSR count). The van der Waals surface area contributed by atoms with Gasteiger partial charge in [0.2, 0.25) is 0 Å². The molecule has 0 aromatic carbocycles. The number of hydrogen-bond acceptors (Lipinski definition) is 2. The normalized spacial score (nSPS) is 17.9. The maximum atomic E-state index is 12.5. The molecule has 0 aliphatic carbocycles. The van der Waals surface area contributed by atoms with E-state index in [9.17, 15) is 4.57 Å². The Bertz CT molecular complexity index is 243. The molecule has 19 heavy (non-hydrogen) atoms. The van der Waals surface area contributed by atoms with Crippen LogP contribution in [0.15, 0.2) is 0 Å². The number of hydrogen-bond donors (Lipinski definition) is 0. The summed E-state index contributed by atoms with van der Waals surface area (Å²) in [4.78, 5) is 0. The van der Waals surface area contributed by atoms with Crippen LogP contribution in [-0.2, 0) is 9.09 Å². The summed E-state index contributed by atoms with van der Waals surface area (Å²) in [5, 5.41) is -0.0935. The molecule has 0 aromatic rings. The van der Waals surface area contributed by atoms with Crippen molar-refractivity contribution in [3.8, 4) is 0 Å². The molecule has 0 heterocycles. The summed E-state index contributed by atoms with van der Waals surface area (Å²) in [6, 6.07) is 0. The van der Waals surface area contributed by atoms with Crippen molar-refractivity contribution in [1.82, 2.24) is 0 Å². The van der Waals surface area contributed by atoms with E-state index in [2.05, 4.69) is 34.6 Å². The lowest BCUT2D eigenvalue weighted by molar-refractivity contribution is 0.232. The first-order valence-electron chi connectivity index (χ1n) is 8.21. The second-order valence-electron chi connectivity index (χ2n) is 6.03. The highest BCUT2D eigenvalue weighted by atomic mass is 31.1. The van der Waals surface area contributed by atoms with Crippen LogP contribution in [0.5, 0.6) is 0 Å². The van der Waals surface area contributed by atoms with Crippen LogP contribution >= 0.6 is 8.03 Å². The fraction of sp³-hybridized carbons (Fsp3) is 1.00. The molecule has 0 saturated heterocycles. The second kappa shape index (κ2) is 10.9. The Hall–Kier alpha value is 0.190. The van der Waals surface area contributed by atoms with Gasteiger partial charge in [-0.2, -0.15) is 0 Å². The molecule has 0 radical (unpaired) electrons. The van der Waals surface area contributed by atoms with E-state index < -0.39 is 8.03 Å². The van der Waals surface area contributed by atoms with Crippen LogP contribution in [-0.4, -0.2) is 11.8 Å². The largest absolute Gasteiger partial charge is 0.330 e. The summed E-state index contributed by atoms with van der Waals surface area (Å²) in [5.74, 6) is 0.584. The van der Waals surface area contributed by atoms with Gasteiger partial charge in [-0.05, 0) is 25.2 Å². The molecule has 0 bridgehead atoms. The number of unbranched alkanes of at least 4 members (excludes halogenated alkanes) is 2. The van der Waals surface area contributed by atoms with E-state index >= 15 is 0 Å². The van der Waals surface area contributed by atoms with Crippen LogP contribution in [0, 0.1) is 5.92 Å². The monoisotopic (exact) mass is 290 g/mol. The van der Waals surface area contributed by atoms with E-state index in [-0.39, 0.29) is 5.16 Å². The zero-order valence-electron chi connectivity index (χ0n) is 13.8. The summed E-state index contributed by atoms with van der Waals surface area (Å²) in [6.45, 7) is 11.6. The minimum atomic E-state index is -1.93. The van der Waals surface area contributed by atoms with Crippen molar-refractivity contribution >= 4 is 8.03 Å². The van der Waals surface area contributed by atoms with Crippen LogP contribution in [0.25, 0.3) is 0 Å². The third-order valence-electron chi connectivity index (χ3n) is 4.35. The Morgan fingerprint density at radius 2 is 1.74 bits per heavy atom. The fourth-order valence-electron chi connectivity index (χ4n) is 2.26. The van der Waals surface area contributed by atoms with E-state index in [0.717, 1.165) is 25.7 Å². The molecule has 3 heteroatoms. The zero-order valence-corrected chi connectivity index (χ0v) is 14.8. The molecule has 0 aliphatic rings. The van der Waals surface area contributed by atoms with Crippen molar-refractivity contribution < 1.29 is 9.09 Å². The average Bonchev–Trinajstić information content (AvgIpc) is 2.44. The average molecular weight is 290 g/mol. The first-order valence-corrected chi connectivity index (χ1v) is 9.52. The summed E-state index contributed by atoms with van der Waals surface area (Å²) >= 11 is 0. The van der Waals surface area contributed by atoms with Gasteiger partial charge in [-0.3, -0.25) is 4.57 Å². The van der Waals surface area contributed by atoms with Crippen molar-refractivity contribution in [3.05, 3.63) is 0 Å². The van der Waals surface area contributed by atoms with Crippen molar-refractivity contribution in [2.75, 3.05) is 6.61 Å². The molecule has 0 saturated carbocycles. The van der Waals surface area contributed by atoms with Gasteiger partial charge in [-0.25, -0.2) is 0 Å². The van der Waals surface area contributed by atoms with Crippen LogP contribution in [0.1, 0.15) is 86.0 Å². The lowest BCUT2D eigenvalue weighted by atomic mass is 10.0. The highest BCUT2D eigenvalue weighted by molar-refractivity contribution is 7.41. The summed E-state index contributed by atoms with van der Waals surface area (Å²) in [7, 11) is -1.93. The van der Waals surface area contributed by atoms with Gasteiger partial charge in [0.05, 0.1) is 6.61 Å².